The summed E-state index contributed by atoms with van der Waals surface area (Å²) in [4.78, 5) is 4.60. The van der Waals surface area contributed by atoms with Crippen LogP contribution >= 0.6 is 23.1 Å². The molecule has 39 heavy (non-hydrogen) atoms. The molecule has 0 saturated heterocycles. The molecule has 1 aromatic heterocycles. The van der Waals surface area contributed by atoms with Crippen LogP contribution in [0.15, 0.2) is 160 Å². The van der Waals surface area contributed by atoms with Crippen LogP contribution in [0, 0.1) is 0 Å². The van der Waals surface area contributed by atoms with Gasteiger partial charge >= 0.3 is 0 Å². The van der Waals surface area contributed by atoms with Crippen LogP contribution in [0.4, 0.5) is 17.1 Å². The van der Waals surface area contributed by atoms with E-state index < -0.39 is 0 Å². The van der Waals surface area contributed by atoms with Crippen LogP contribution in [0.25, 0.3) is 0 Å². The van der Waals surface area contributed by atoms with E-state index in [0.717, 1.165) is 40.1 Å². The first-order valence-electron chi connectivity index (χ1n) is 12.6. The van der Waals surface area contributed by atoms with Crippen molar-refractivity contribution in [1.82, 2.24) is 0 Å². The molecule has 0 amide bonds. The topological polar surface area (TPSA) is 21.7 Å². The van der Waals surface area contributed by atoms with Crippen molar-refractivity contribution < 1.29 is 9.47 Å². The van der Waals surface area contributed by atoms with Crippen LogP contribution < -0.4 is 14.4 Å². The van der Waals surface area contributed by atoms with Gasteiger partial charge < -0.3 is 14.4 Å². The van der Waals surface area contributed by atoms with E-state index >= 15 is 0 Å². The van der Waals surface area contributed by atoms with Crippen molar-refractivity contribution in [3.63, 3.8) is 0 Å². The van der Waals surface area contributed by atoms with E-state index in [-0.39, 0.29) is 0 Å². The highest BCUT2D eigenvalue weighted by Gasteiger charge is 2.24. The maximum atomic E-state index is 5.99. The fourth-order valence-electron chi connectivity index (χ4n) is 4.26. The van der Waals surface area contributed by atoms with Gasteiger partial charge in [0.05, 0.1) is 21.2 Å². The third-order valence-electron chi connectivity index (χ3n) is 6.01. The van der Waals surface area contributed by atoms with E-state index in [9.17, 15) is 0 Å². The maximum absolute atomic E-state index is 5.99. The molecule has 0 bridgehead atoms. The molecule has 0 spiro atoms. The zero-order chi connectivity index (χ0) is 26.3. The lowest BCUT2D eigenvalue weighted by Gasteiger charge is -2.32. The molecule has 5 aromatic carbocycles. The molecule has 0 radical (unpaired) electrons. The first-order chi connectivity index (χ1) is 19.4. The molecule has 0 unspecified atom stereocenters. The van der Waals surface area contributed by atoms with Crippen molar-refractivity contribution in [3.8, 4) is 23.0 Å². The lowest BCUT2D eigenvalue weighted by Crippen LogP contribution is -2.15. The number of para-hydroxylation sites is 7. The molecule has 8 rings (SSSR count). The molecule has 2 aliphatic heterocycles. The molecule has 0 saturated carbocycles. The Labute approximate surface area is 236 Å². The Morgan fingerprint density at radius 2 is 0.846 bits per heavy atom. The largest absolute Gasteiger partial charge is 0.455 e. The number of thiophene rings is 1. The van der Waals surface area contributed by atoms with Gasteiger partial charge in [0.25, 0.3) is 0 Å². The molecule has 190 valence electrons. The molecule has 5 heteroatoms. The highest BCUT2D eigenvalue weighted by Crippen LogP contribution is 2.50. The van der Waals surface area contributed by atoms with Gasteiger partial charge in [0.2, 0.25) is 0 Å². The van der Waals surface area contributed by atoms with Crippen LogP contribution in [-0.4, -0.2) is 0 Å². The summed E-state index contributed by atoms with van der Waals surface area (Å²) in [7, 11) is 0. The van der Waals surface area contributed by atoms with Gasteiger partial charge in [-0.05, 0) is 71.4 Å². The Kier molecular flexibility index (Phi) is 7.62. The van der Waals surface area contributed by atoms with E-state index in [1.54, 1.807) is 23.1 Å². The fourth-order valence-corrected chi connectivity index (χ4v) is 5.67. The summed E-state index contributed by atoms with van der Waals surface area (Å²) < 4.78 is 11.7. The third-order valence-corrected chi connectivity index (χ3v) is 7.75. The van der Waals surface area contributed by atoms with E-state index in [0.29, 0.717) is 0 Å². The first-order valence-corrected chi connectivity index (χ1v) is 14.3. The summed E-state index contributed by atoms with van der Waals surface area (Å²) in [6.45, 7) is 0. The van der Waals surface area contributed by atoms with Gasteiger partial charge in [0.15, 0.2) is 11.5 Å². The minimum absolute atomic E-state index is 0.884. The van der Waals surface area contributed by atoms with Gasteiger partial charge in [0.1, 0.15) is 11.5 Å². The minimum atomic E-state index is 0.884. The quantitative estimate of drug-likeness (QED) is 0.205. The third kappa shape index (κ3) is 5.70. The highest BCUT2D eigenvalue weighted by atomic mass is 32.2. The zero-order valence-electron chi connectivity index (χ0n) is 21.0. The molecule has 0 atom stereocenters. The van der Waals surface area contributed by atoms with Gasteiger partial charge in [-0.25, -0.2) is 0 Å². The second-order valence-electron chi connectivity index (χ2n) is 8.60. The number of hydrogen-bond acceptors (Lipinski definition) is 5. The van der Waals surface area contributed by atoms with Crippen LogP contribution in [0.1, 0.15) is 0 Å². The summed E-state index contributed by atoms with van der Waals surface area (Å²) >= 11 is 3.47. The zero-order valence-corrected chi connectivity index (χ0v) is 22.6. The average Bonchev–Trinajstić information content (AvgIpc) is 3.60. The molecule has 3 nitrogen and oxygen atoms in total. The summed E-state index contributed by atoms with van der Waals surface area (Å²) in [6, 6.07) is 46.8. The minimum Gasteiger partial charge on any atom is -0.455 e. The number of benzene rings is 5. The number of nitrogens with zero attached hydrogens (tertiary/aromatic N) is 1. The average molecular weight is 544 g/mol. The number of fused-ring (bicyclic) bond motifs is 4. The number of hydrogen-bond donors (Lipinski definition) is 0. The van der Waals surface area contributed by atoms with Gasteiger partial charge in [-0.1, -0.05) is 90.6 Å². The van der Waals surface area contributed by atoms with Crippen molar-refractivity contribution in [2.24, 2.45) is 0 Å². The number of anilines is 3. The summed E-state index contributed by atoms with van der Waals surface area (Å²) in [6.07, 6.45) is 0. The maximum Gasteiger partial charge on any atom is 0.151 e. The SMILES string of the molecule is c1ccc(N2c3ccccc3Oc3ccccc32)cc1.c1ccc2c(c1)Oc1ccccc1S2.c1ccsc1. The number of rotatable bonds is 1. The van der Waals surface area contributed by atoms with E-state index in [2.05, 4.69) is 53.4 Å². The monoisotopic (exact) mass is 543 g/mol. The lowest BCUT2D eigenvalue weighted by atomic mass is 10.1. The predicted molar refractivity (Wildman–Crippen MR) is 163 cm³/mol. The Morgan fingerprint density at radius 3 is 1.36 bits per heavy atom. The van der Waals surface area contributed by atoms with Crippen molar-refractivity contribution in [1.29, 1.82) is 0 Å². The lowest BCUT2D eigenvalue weighted by molar-refractivity contribution is 0.454. The Morgan fingerprint density at radius 1 is 0.410 bits per heavy atom. The summed E-state index contributed by atoms with van der Waals surface area (Å²) in [5, 5.41) is 4.08. The second-order valence-corrected chi connectivity index (χ2v) is 10.5. The molecule has 2 aliphatic rings. The van der Waals surface area contributed by atoms with Gasteiger partial charge in [-0.15, -0.1) is 0 Å². The van der Waals surface area contributed by atoms with E-state index in [4.69, 9.17) is 9.47 Å². The van der Waals surface area contributed by atoms with Crippen molar-refractivity contribution in [2.45, 2.75) is 9.79 Å². The molecule has 0 aliphatic carbocycles. The second kappa shape index (κ2) is 11.9. The molecule has 3 heterocycles. The van der Waals surface area contributed by atoms with Crippen molar-refractivity contribution >= 4 is 40.2 Å². The predicted octanol–water partition coefficient (Wildman–Crippen LogP) is 11.0. The number of ether oxygens (including phenoxy) is 2. The Hall–Kier alpha value is -4.45. The van der Waals surface area contributed by atoms with Gasteiger partial charge in [-0.3, -0.25) is 0 Å². The highest BCUT2D eigenvalue weighted by molar-refractivity contribution is 7.99. The Balaban J connectivity index is 0.000000126. The molecule has 6 aromatic rings. The van der Waals surface area contributed by atoms with Crippen LogP contribution in [0.5, 0.6) is 23.0 Å². The molecule has 0 fully saturated rings. The van der Waals surface area contributed by atoms with E-state index in [1.165, 1.54) is 9.79 Å². The molecule has 0 N–H and O–H groups in total. The van der Waals surface area contributed by atoms with Crippen LogP contribution in [-0.2, 0) is 0 Å². The van der Waals surface area contributed by atoms with Gasteiger partial charge in [0, 0.05) is 5.69 Å². The first kappa shape index (κ1) is 24.9. The molecular weight excluding hydrogens is 519 g/mol. The van der Waals surface area contributed by atoms with Crippen molar-refractivity contribution in [3.05, 3.63) is 150 Å². The van der Waals surface area contributed by atoms with Crippen LogP contribution in [0.2, 0.25) is 0 Å². The smallest absolute Gasteiger partial charge is 0.151 e. The summed E-state index contributed by atoms with van der Waals surface area (Å²) in [5.41, 5.74) is 3.27. The van der Waals surface area contributed by atoms with Crippen molar-refractivity contribution in [2.75, 3.05) is 4.90 Å². The Bertz CT molecular complexity index is 1500. The normalized spacial score (nSPS) is 11.8. The molecular formula is C34H25NO2S2. The van der Waals surface area contributed by atoms with E-state index in [1.807, 2.05) is 102 Å². The van der Waals surface area contributed by atoms with Crippen LogP contribution in [0.3, 0.4) is 0 Å². The summed E-state index contributed by atoms with van der Waals surface area (Å²) in [5.74, 6) is 3.68. The van der Waals surface area contributed by atoms with Gasteiger partial charge in [-0.2, -0.15) is 11.3 Å². The fraction of sp³-hybridized carbons (Fsp3) is 0. The standard InChI is InChI=1S/C18H13NO.C12H8OS.C4H4S/c1-2-8-14(9-3-1)19-15-10-4-6-12-17(15)20-18-13-7-5-11-16(18)19;1-3-7-11-9(5-1)13-10-6-2-4-8-12(10)14-11;1-2-4-5-3-1/h1-13H;1-8H;1-4H.